The van der Waals surface area contributed by atoms with E-state index in [9.17, 15) is 4.79 Å². The number of nitrogens with zero attached hydrogens (tertiary/aromatic N) is 3. The van der Waals surface area contributed by atoms with Gasteiger partial charge in [0, 0.05) is 12.6 Å². The van der Waals surface area contributed by atoms with Gasteiger partial charge in [-0.3, -0.25) is 5.43 Å². The Kier molecular flexibility index (Phi) is 5.32. The van der Waals surface area contributed by atoms with Gasteiger partial charge < -0.3 is 9.47 Å². The second-order valence-corrected chi connectivity index (χ2v) is 4.55. The van der Waals surface area contributed by atoms with Crippen LogP contribution in [0.15, 0.2) is 35.6 Å². The summed E-state index contributed by atoms with van der Waals surface area (Å²) in [5.74, 6) is 1.78. The molecule has 0 unspecified atom stereocenters. The van der Waals surface area contributed by atoms with Crippen molar-refractivity contribution in [1.82, 2.24) is 20.0 Å². The van der Waals surface area contributed by atoms with Crippen LogP contribution in [0.5, 0.6) is 11.5 Å². The van der Waals surface area contributed by atoms with Gasteiger partial charge >= 0.3 is 5.69 Å². The van der Waals surface area contributed by atoms with Gasteiger partial charge in [0.2, 0.25) is 5.95 Å². The zero-order valence-electron chi connectivity index (χ0n) is 13.3. The van der Waals surface area contributed by atoms with Gasteiger partial charge in [-0.25, -0.2) is 14.8 Å². The molecular formula is C15H19N5O3. The quantitative estimate of drug-likeness (QED) is 0.448. The standard InChI is InChI=1S/C15H19N5O3/c1-5-8-16-19-14-17-10(2)20(15(21)18-14)11-6-7-12(22-3)13(9-11)23-4/h5-7,9,16H,1,8H2,2-4H3,(H,18,19,21). The number of anilines is 1. The van der Waals surface area contributed by atoms with Gasteiger partial charge in [0.25, 0.3) is 0 Å². The number of methoxy groups -OCH3 is 2. The summed E-state index contributed by atoms with van der Waals surface area (Å²) < 4.78 is 11.8. The molecule has 1 aromatic carbocycles. The molecule has 0 fully saturated rings. The molecule has 8 nitrogen and oxygen atoms in total. The van der Waals surface area contributed by atoms with Crippen LogP contribution in [0.4, 0.5) is 5.95 Å². The van der Waals surface area contributed by atoms with E-state index in [1.165, 1.54) is 11.7 Å². The van der Waals surface area contributed by atoms with E-state index in [-0.39, 0.29) is 5.95 Å². The lowest BCUT2D eigenvalue weighted by Crippen LogP contribution is -2.30. The fraction of sp³-hybridized carbons (Fsp3) is 0.267. The van der Waals surface area contributed by atoms with Crippen molar-refractivity contribution in [2.24, 2.45) is 0 Å². The van der Waals surface area contributed by atoms with Crippen LogP contribution in [0.25, 0.3) is 5.69 Å². The zero-order chi connectivity index (χ0) is 16.8. The highest BCUT2D eigenvalue weighted by atomic mass is 16.5. The van der Waals surface area contributed by atoms with Gasteiger partial charge in [-0.2, -0.15) is 9.97 Å². The van der Waals surface area contributed by atoms with Crippen LogP contribution < -0.4 is 26.0 Å². The summed E-state index contributed by atoms with van der Waals surface area (Å²) in [6.07, 6.45) is 1.67. The van der Waals surface area contributed by atoms with Crippen LogP contribution in [0.2, 0.25) is 0 Å². The molecule has 1 heterocycles. The van der Waals surface area contributed by atoms with Crippen LogP contribution >= 0.6 is 0 Å². The van der Waals surface area contributed by atoms with Crippen molar-refractivity contribution in [1.29, 1.82) is 0 Å². The van der Waals surface area contributed by atoms with Crippen molar-refractivity contribution in [2.75, 3.05) is 26.2 Å². The average molecular weight is 317 g/mol. The van der Waals surface area contributed by atoms with Gasteiger partial charge in [-0.15, -0.1) is 6.58 Å². The minimum absolute atomic E-state index is 0.200. The average Bonchev–Trinajstić information content (AvgIpc) is 2.54. The molecule has 0 aliphatic rings. The van der Waals surface area contributed by atoms with Crippen molar-refractivity contribution < 1.29 is 9.47 Å². The van der Waals surface area contributed by atoms with E-state index < -0.39 is 5.69 Å². The largest absolute Gasteiger partial charge is 0.493 e. The zero-order valence-corrected chi connectivity index (χ0v) is 13.3. The van der Waals surface area contributed by atoms with E-state index in [0.717, 1.165) is 0 Å². The van der Waals surface area contributed by atoms with Gasteiger partial charge in [-0.1, -0.05) is 6.08 Å². The fourth-order valence-corrected chi connectivity index (χ4v) is 2.03. The second-order valence-electron chi connectivity index (χ2n) is 4.55. The molecule has 0 atom stereocenters. The topological polar surface area (TPSA) is 90.3 Å². The molecule has 0 saturated heterocycles. The molecule has 2 N–H and O–H groups in total. The molecule has 0 aliphatic heterocycles. The highest BCUT2D eigenvalue weighted by molar-refractivity contribution is 5.49. The van der Waals surface area contributed by atoms with Crippen LogP contribution in [-0.2, 0) is 0 Å². The summed E-state index contributed by atoms with van der Waals surface area (Å²) in [6.45, 7) is 5.82. The Morgan fingerprint density at radius 1 is 1.26 bits per heavy atom. The van der Waals surface area contributed by atoms with Gasteiger partial charge in [0.05, 0.1) is 19.9 Å². The Labute approximate surface area is 133 Å². The summed E-state index contributed by atoms with van der Waals surface area (Å²) >= 11 is 0. The normalized spacial score (nSPS) is 10.2. The molecule has 8 heteroatoms. The van der Waals surface area contributed by atoms with Crippen molar-refractivity contribution in [2.45, 2.75) is 6.92 Å². The van der Waals surface area contributed by atoms with Crippen molar-refractivity contribution >= 4 is 5.95 Å². The summed E-state index contributed by atoms with van der Waals surface area (Å²) in [5, 5.41) is 0. The maximum Gasteiger partial charge on any atom is 0.356 e. The second kappa shape index (κ2) is 7.41. The molecule has 2 rings (SSSR count). The summed E-state index contributed by atoms with van der Waals surface area (Å²) in [7, 11) is 3.08. The first-order valence-corrected chi connectivity index (χ1v) is 6.90. The SMILES string of the molecule is C=CCNNc1nc(C)n(-c2ccc(OC)c(OC)c2)c(=O)n1. The van der Waals surface area contributed by atoms with Crippen molar-refractivity contribution in [3.05, 3.63) is 47.2 Å². The third kappa shape index (κ3) is 3.67. The smallest absolute Gasteiger partial charge is 0.356 e. The predicted octanol–water partition coefficient (Wildman–Crippen LogP) is 1.06. The van der Waals surface area contributed by atoms with Crippen LogP contribution in [-0.4, -0.2) is 35.3 Å². The van der Waals surface area contributed by atoms with Gasteiger partial charge in [0.15, 0.2) is 11.5 Å². The maximum atomic E-state index is 12.3. The Morgan fingerprint density at radius 2 is 2.00 bits per heavy atom. The first-order chi connectivity index (χ1) is 11.1. The van der Waals surface area contributed by atoms with E-state index in [1.54, 1.807) is 38.3 Å². The highest BCUT2D eigenvalue weighted by Crippen LogP contribution is 2.28. The molecule has 0 amide bonds. The molecule has 122 valence electrons. The molecule has 0 bridgehead atoms. The molecular weight excluding hydrogens is 298 g/mol. The lowest BCUT2D eigenvalue weighted by molar-refractivity contribution is 0.355. The first kappa shape index (κ1) is 16.5. The van der Waals surface area contributed by atoms with Crippen LogP contribution in [0.1, 0.15) is 5.82 Å². The fourth-order valence-electron chi connectivity index (χ4n) is 2.03. The van der Waals surface area contributed by atoms with Gasteiger partial charge in [-0.05, 0) is 19.1 Å². The number of nitrogens with one attached hydrogen (secondary N) is 2. The molecule has 2 aromatic rings. The predicted molar refractivity (Wildman–Crippen MR) is 87.3 cm³/mol. The molecule has 1 aromatic heterocycles. The number of rotatable bonds is 7. The number of ether oxygens (including phenoxy) is 2. The van der Waals surface area contributed by atoms with E-state index in [4.69, 9.17) is 9.47 Å². The van der Waals surface area contributed by atoms with E-state index in [0.29, 0.717) is 29.6 Å². The Balaban J connectivity index is 2.40. The lowest BCUT2D eigenvalue weighted by atomic mass is 10.2. The minimum Gasteiger partial charge on any atom is -0.493 e. The molecule has 0 radical (unpaired) electrons. The number of hydrogen-bond donors (Lipinski definition) is 2. The summed E-state index contributed by atoms with van der Waals surface area (Å²) in [6, 6.07) is 5.15. The number of hydrazine groups is 1. The third-order valence-corrected chi connectivity index (χ3v) is 3.06. The Morgan fingerprint density at radius 3 is 2.61 bits per heavy atom. The van der Waals surface area contributed by atoms with Gasteiger partial charge in [0.1, 0.15) is 5.82 Å². The third-order valence-electron chi connectivity index (χ3n) is 3.06. The van der Waals surface area contributed by atoms with E-state index in [1.807, 2.05) is 0 Å². The summed E-state index contributed by atoms with van der Waals surface area (Å²) in [4.78, 5) is 20.4. The first-order valence-electron chi connectivity index (χ1n) is 6.90. The van der Waals surface area contributed by atoms with Crippen molar-refractivity contribution in [3.63, 3.8) is 0 Å². The minimum atomic E-state index is -0.451. The highest BCUT2D eigenvalue weighted by Gasteiger charge is 2.11. The van der Waals surface area contributed by atoms with Crippen LogP contribution in [0.3, 0.4) is 0 Å². The summed E-state index contributed by atoms with van der Waals surface area (Å²) in [5.41, 5.74) is 5.71. The number of benzene rings is 1. The molecule has 0 saturated carbocycles. The lowest BCUT2D eigenvalue weighted by Gasteiger charge is -2.13. The number of hydrogen-bond acceptors (Lipinski definition) is 7. The van der Waals surface area contributed by atoms with Crippen molar-refractivity contribution in [3.8, 4) is 17.2 Å². The molecule has 0 aliphatic carbocycles. The number of aromatic nitrogens is 3. The van der Waals surface area contributed by atoms with E-state index >= 15 is 0 Å². The Hall–Kier alpha value is -2.87. The maximum absolute atomic E-state index is 12.3. The molecule has 23 heavy (non-hydrogen) atoms. The number of aryl methyl sites for hydroxylation is 1. The van der Waals surface area contributed by atoms with E-state index in [2.05, 4.69) is 27.4 Å². The van der Waals surface area contributed by atoms with Crippen LogP contribution in [0, 0.1) is 6.92 Å². The molecule has 0 spiro atoms. The Bertz CT molecular complexity index is 757. The monoisotopic (exact) mass is 317 g/mol.